The molecule has 5 heteroatoms. The molecule has 0 spiro atoms. The van der Waals surface area contributed by atoms with Gasteiger partial charge in [-0.1, -0.05) is 54.6 Å². The third-order valence-electron chi connectivity index (χ3n) is 7.48. The number of phenols is 1. The fraction of sp³-hybridized carbons (Fsp3) is 0.167. The Morgan fingerprint density at radius 1 is 0.943 bits per heavy atom. The number of nitrogens with two attached hydrogens (primary N) is 1. The first-order valence-corrected chi connectivity index (χ1v) is 11.8. The fourth-order valence-electron chi connectivity index (χ4n) is 5.91. The van der Waals surface area contributed by atoms with Crippen LogP contribution in [0.3, 0.4) is 0 Å². The Kier molecular flexibility index (Phi) is 4.99. The minimum Gasteiger partial charge on any atom is -0.504 e. The average molecular weight is 462 g/mol. The minimum atomic E-state index is -0.00668. The summed E-state index contributed by atoms with van der Waals surface area (Å²) in [6.07, 6.45) is 0.930. The van der Waals surface area contributed by atoms with Gasteiger partial charge in [-0.2, -0.15) is 0 Å². The normalized spacial score (nSPS) is 19.7. The van der Waals surface area contributed by atoms with Crippen molar-refractivity contribution < 1.29 is 9.84 Å². The molecule has 0 aromatic heterocycles. The van der Waals surface area contributed by atoms with E-state index in [1.165, 1.54) is 16.7 Å². The lowest BCUT2D eigenvalue weighted by Gasteiger charge is -2.39. The van der Waals surface area contributed by atoms with Crippen molar-refractivity contribution in [3.63, 3.8) is 0 Å². The Balaban J connectivity index is 1.57. The van der Waals surface area contributed by atoms with Crippen LogP contribution in [0.4, 0.5) is 5.69 Å². The molecule has 0 saturated carbocycles. The Hall–Kier alpha value is -4.25. The van der Waals surface area contributed by atoms with Crippen LogP contribution < -0.4 is 15.8 Å². The number of hydrogen-bond acceptors (Lipinski definition) is 4. The van der Waals surface area contributed by atoms with Crippen molar-refractivity contribution in [3.8, 4) is 22.6 Å². The van der Waals surface area contributed by atoms with Gasteiger partial charge < -0.3 is 20.9 Å². The molecule has 1 aliphatic carbocycles. The van der Waals surface area contributed by atoms with Crippen molar-refractivity contribution in [2.45, 2.75) is 18.4 Å². The maximum Gasteiger partial charge on any atom is 0.160 e. The predicted octanol–water partition coefficient (Wildman–Crippen LogP) is 5.82. The topological polar surface area (TPSA) is 91.4 Å². The second-order valence-electron chi connectivity index (χ2n) is 9.36. The number of nitrogen functional groups attached to an aromatic ring is 1. The lowest BCUT2D eigenvalue weighted by Crippen LogP contribution is -2.31. The molecule has 5 N–H and O–H groups in total. The number of anilines is 1. The zero-order valence-corrected chi connectivity index (χ0v) is 19.5. The van der Waals surface area contributed by atoms with Crippen LogP contribution in [0.2, 0.25) is 0 Å². The molecule has 0 radical (unpaired) electrons. The molecular weight excluding hydrogens is 434 g/mol. The van der Waals surface area contributed by atoms with Crippen LogP contribution in [0.5, 0.6) is 11.5 Å². The average Bonchev–Trinajstić information content (AvgIpc) is 3.28. The van der Waals surface area contributed by atoms with Gasteiger partial charge in [-0.05, 0) is 76.1 Å². The van der Waals surface area contributed by atoms with E-state index in [-0.39, 0.29) is 29.5 Å². The SMILES string of the molecule is COc1cc(C2Nc3ccc(C(=N)N)cc3C3c4ccccc4CC23)c(-c2ccccc2)cc1O. The van der Waals surface area contributed by atoms with Crippen molar-refractivity contribution >= 4 is 11.5 Å². The zero-order chi connectivity index (χ0) is 24.1. The van der Waals surface area contributed by atoms with Gasteiger partial charge in [0.2, 0.25) is 0 Å². The van der Waals surface area contributed by atoms with Gasteiger partial charge in [0.1, 0.15) is 5.84 Å². The van der Waals surface area contributed by atoms with Crippen LogP contribution in [-0.2, 0) is 6.42 Å². The summed E-state index contributed by atoms with van der Waals surface area (Å²) in [5, 5.41) is 22.5. The number of benzene rings is 4. The summed E-state index contributed by atoms with van der Waals surface area (Å²) in [5.74, 6) is 1.09. The van der Waals surface area contributed by atoms with E-state index >= 15 is 0 Å². The van der Waals surface area contributed by atoms with Crippen LogP contribution >= 0.6 is 0 Å². The monoisotopic (exact) mass is 461 g/mol. The summed E-state index contributed by atoms with van der Waals surface area (Å²) in [4.78, 5) is 0. The van der Waals surface area contributed by atoms with E-state index in [0.29, 0.717) is 5.75 Å². The lowest BCUT2D eigenvalue weighted by molar-refractivity contribution is 0.370. The van der Waals surface area contributed by atoms with Crippen LogP contribution in [0, 0.1) is 11.3 Å². The van der Waals surface area contributed by atoms with E-state index in [4.69, 9.17) is 15.9 Å². The van der Waals surface area contributed by atoms with Crippen molar-refractivity contribution in [2.75, 3.05) is 12.4 Å². The highest BCUT2D eigenvalue weighted by Crippen LogP contribution is 2.55. The summed E-state index contributed by atoms with van der Waals surface area (Å²) >= 11 is 0. The third-order valence-corrected chi connectivity index (χ3v) is 7.48. The number of fused-ring (bicyclic) bond motifs is 5. The van der Waals surface area contributed by atoms with E-state index in [0.717, 1.165) is 34.4 Å². The van der Waals surface area contributed by atoms with Crippen molar-refractivity contribution in [1.29, 1.82) is 5.41 Å². The molecule has 4 aromatic carbocycles. The first kappa shape index (κ1) is 21.3. The van der Waals surface area contributed by atoms with Gasteiger partial charge >= 0.3 is 0 Å². The Morgan fingerprint density at radius 2 is 1.71 bits per heavy atom. The molecule has 3 atom stereocenters. The van der Waals surface area contributed by atoms with Gasteiger partial charge in [0.05, 0.1) is 13.2 Å². The number of amidine groups is 1. The Bertz CT molecular complexity index is 1450. The van der Waals surface area contributed by atoms with Gasteiger partial charge in [-0.15, -0.1) is 0 Å². The molecule has 4 aromatic rings. The molecule has 0 amide bonds. The van der Waals surface area contributed by atoms with E-state index in [1.54, 1.807) is 7.11 Å². The first-order valence-electron chi connectivity index (χ1n) is 11.8. The molecule has 35 heavy (non-hydrogen) atoms. The highest BCUT2D eigenvalue weighted by atomic mass is 16.5. The van der Waals surface area contributed by atoms with Gasteiger partial charge in [-0.25, -0.2) is 0 Å². The van der Waals surface area contributed by atoms with Crippen molar-refractivity contribution in [3.05, 3.63) is 113 Å². The number of methoxy groups -OCH3 is 1. The maximum atomic E-state index is 10.7. The van der Waals surface area contributed by atoms with E-state index in [1.807, 2.05) is 42.5 Å². The summed E-state index contributed by atoms with van der Waals surface area (Å²) < 4.78 is 5.54. The molecule has 174 valence electrons. The van der Waals surface area contributed by atoms with Crippen molar-refractivity contribution in [2.24, 2.45) is 11.7 Å². The highest BCUT2D eigenvalue weighted by molar-refractivity contribution is 5.95. The number of phenolic OH excluding ortho intramolecular Hbond substituents is 1. The number of hydrogen-bond donors (Lipinski definition) is 4. The van der Waals surface area contributed by atoms with Gasteiger partial charge in [0, 0.05) is 17.2 Å². The van der Waals surface area contributed by atoms with Crippen LogP contribution in [0.15, 0.2) is 84.9 Å². The quantitative estimate of drug-likeness (QED) is 0.228. The molecule has 5 nitrogen and oxygen atoms in total. The Labute approximate surface area is 204 Å². The summed E-state index contributed by atoms with van der Waals surface area (Å²) in [7, 11) is 1.59. The fourth-order valence-corrected chi connectivity index (χ4v) is 5.91. The van der Waals surface area contributed by atoms with Crippen molar-refractivity contribution in [1.82, 2.24) is 0 Å². The molecule has 0 bridgehead atoms. The Morgan fingerprint density at radius 3 is 2.49 bits per heavy atom. The molecule has 3 unspecified atom stereocenters. The molecule has 1 aliphatic heterocycles. The first-order chi connectivity index (χ1) is 17.0. The van der Waals surface area contributed by atoms with E-state index < -0.39 is 0 Å². The second-order valence-corrected chi connectivity index (χ2v) is 9.36. The third kappa shape index (κ3) is 3.43. The lowest BCUT2D eigenvalue weighted by atomic mass is 9.74. The van der Waals surface area contributed by atoms with Crippen LogP contribution in [-0.4, -0.2) is 18.1 Å². The zero-order valence-electron chi connectivity index (χ0n) is 19.5. The summed E-state index contributed by atoms with van der Waals surface area (Å²) in [6, 6.07) is 28.6. The number of ether oxygens (including phenoxy) is 1. The number of nitrogens with one attached hydrogen (secondary N) is 2. The summed E-state index contributed by atoms with van der Waals surface area (Å²) in [6.45, 7) is 0. The molecular formula is C30H27N3O2. The molecule has 6 rings (SSSR count). The van der Waals surface area contributed by atoms with Crippen LogP contribution in [0.25, 0.3) is 11.1 Å². The molecule has 0 saturated heterocycles. The van der Waals surface area contributed by atoms with Crippen LogP contribution in [0.1, 0.15) is 39.8 Å². The largest absolute Gasteiger partial charge is 0.504 e. The second kappa shape index (κ2) is 8.20. The molecule has 1 heterocycles. The number of aromatic hydroxyl groups is 1. The summed E-state index contributed by atoms with van der Waals surface area (Å²) in [5.41, 5.74) is 14.6. The smallest absolute Gasteiger partial charge is 0.160 e. The number of rotatable bonds is 4. The van der Waals surface area contributed by atoms with Gasteiger partial charge in [0.25, 0.3) is 0 Å². The standard InChI is InChI=1S/C30H27N3O2/c1-35-27-16-22(21(15-26(27)34)17-7-3-2-4-8-17)29-24-13-18-9-5-6-10-20(18)28(24)23-14-19(30(31)32)11-12-25(23)33-29/h2-12,14-16,24,28-29,33-34H,13H2,1H3,(H3,31,32). The minimum absolute atomic E-state index is 0.00668. The predicted molar refractivity (Wildman–Crippen MR) is 139 cm³/mol. The highest BCUT2D eigenvalue weighted by Gasteiger charge is 2.44. The van der Waals surface area contributed by atoms with Gasteiger partial charge in [0.15, 0.2) is 11.5 Å². The van der Waals surface area contributed by atoms with E-state index in [2.05, 4.69) is 47.8 Å². The van der Waals surface area contributed by atoms with Gasteiger partial charge in [-0.3, -0.25) is 5.41 Å². The maximum absolute atomic E-state index is 10.7. The van der Waals surface area contributed by atoms with E-state index in [9.17, 15) is 5.11 Å². The molecule has 0 fully saturated rings. The molecule has 2 aliphatic rings.